The molecule has 1 aromatic rings. The van der Waals surface area contributed by atoms with Gasteiger partial charge in [-0.3, -0.25) is 0 Å². The second-order valence-corrected chi connectivity index (χ2v) is 6.29. The first-order chi connectivity index (χ1) is 10.6. The van der Waals surface area contributed by atoms with Crippen molar-refractivity contribution in [1.82, 2.24) is 10.2 Å². The first-order valence-corrected chi connectivity index (χ1v) is 7.98. The number of carbonyl (C=O) groups excluding carboxylic acids is 1. The molecule has 2 N–H and O–H groups in total. The summed E-state index contributed by atoms with van der Waals surface area (Å²) in [7, 11) is 1.59. The highest BCUT2D eigenvalue weighted by molar-refractivity contribution is 5.90. The standard InChI is InChI=1S/C17H27N3O2/c1-13-10-14(2)12-20(11-13)9-8-18-17(21)19-15-6-4-5-7-16(15)22-3/h4-7,13-14H,8-12H2,1-3H3,(H2,18,19,21)/t13-,14+. The maximum absolute atomic E-state index is 12.0. The van der Waals surface area contributed by atoms with Crippen LogP contribution in [0.25, 0.3) is 0 Å². The number of rotatable bonds is 5. The summed E-state index contributed by atoms with van der Waals surface area (Å²) in [5.41, 5.74) is 0.683. The van der Waals surface area contributed by atoms with Crippen molar-refractivity contribution in [1.29, 1.82) is 0 Å². The molecule has 0 aliphatic carbocycles. The molecule has 1 heterocycles. The Morgan fingerprint density at radius 1 is 1.27 bits per heavy atom. The molecule has 2 amide bonds. The third-order valence-corrected chi connectivity index (χ3v) is 4.01. The molecule has 1 aliphatic rings. The van der Waals surface area contributed by atoms with E-state index in [4.69, 9.17) is 4.74 Å². The molecule has 0 aromatic heterocycles. The zero-order valence-electron chi connectivity index (χ0n) is 13.8. The van der Waals surface area contributed by atoms with E-state index in [1.807, 2.05) is 24.3 Å². The summed E-state index contributed by atoms with van der Waals surface area (Å²) in [4.78, 5) is 14.4. The molecule has 0 radical (unpaired) electrons. The van der Waals surface area contributed by atoms with Gasteiger partial charge in [-0.05, 0) is 30.4 Å². The second-order valence-electron chi connectivity index (χ2n) is 6.29. The van der Waals surface area contributed by atoms with Crippen LogP contribution in [0.15, 0.2) is 24.3 Å². The van der Waals surface area contributed by atoms with Crippen LogP contribution in [0, 0.1) is 11.8 Å². The number of urea groups is 1. The van der Waals surface area contributed by atoms with Crippen LogP contribution in [0.4, 0.5) is 10.5 Å². The summed E-state index contributed by atoms with van der Waals surface area (Å²) in [6, 6.07) is 7.20. The van der Waals surface area contributed by atoms with E-state index in [0.29, 0.717) is 18.0 Å². The molecular weight excluding hydrogens is 278 g/mol. The van der Waals surface area contributed by atoms with Crippen molar-refractivity contribution in [2.45, 2.75) is 20.3 Å². The number of benzene rings is 1. The summed E-state index contributed by atoms with van der Waals surface area (Å²) >= 11 is 0. The second kappa shape index (κ2) is 8.03. The monoisotopic (exact) mass is 305 g/mol. The fourth-order valence-electron chi connectivity index (χ4n) is 3.22. The number of hydrogen-bond acceptors (Lipinski definition) is 3. The molecule has 0 bridgehead atoms. The molecule has 1 saturated heterocycles. The summed E-state index contributed by atoms with van der Waals surface area (Å²) in [6.45, 7) is 8.39. The van der Waals surface area contributed by atoms with E-state index in [9.17, 15) is 4.79 Å². The first kappa shape index (κ1) is 16.6. The van der Waals surface area contributed by atoms with Crippen LogP contribution in [0.2, 0.25) is 0 Å². The van der Waals surface area contributed by atoms with Crippen LogP contribution in [-0.4, -0.2) is 44.2 Å². The van der Waals surface area contributed by atoms with E-state index in [1.54, 1.807) is 7.11 Å². The third-order valence-electron chi connectivity index (χ3n) is 4.01. The quantitative estimate of drug-likeness (QED) is 0.879. The van der Waals surface area contributed by atoms with E-state index in [0.717, 1.165) is 31.5 Å². The summed E-state index contributed by atoms with van der Waals surface area (Å²) in [5, 5.41) is 5.74. The van der Waals surface area contributed by atoms with Gasteiger partial charge in [-0.2, -0.15) is 0 Å². The third kappa shape index (κ3) is 4.91. The molecule has 5 nitrogen and oxygen atoms in total. The minimum Gasteiger partial charge on any atom is -0.495 e. The van der Waals surface area contributed by atoms with Gasteiger partial charge in [-0.15, -0.1) is 0 Å². The van der Waals surface area contributed by atoms with Gasteiger partial charge in [0.2, 0.25) is 0 Å². The lowest BCUT2D eigenvalue weighted by Gasteiger charge is -2.34. The van der Waals surface area contributed by atoms with Crippen molar-refractivity contribution in [3.05, 3.63) is 24.3 Å². The van der Waals surface area contributed by atoms with Gasteiger partial charge in [-0.1, -0.05) is 26.0 Å². The smallest absolute Gasteiger partial charge is 0.319 e. The average molecular weight is 305 g/mol. The highest BCUT2D eigenvalue weighted by Crippen LogP contribution is 2.23. The maximum Gasteiger partial charge on any atom is 0.319 e. The van der Waals surface area contributed by atoms with Gasteiger partial charge in [0.15, 0.2) is 0 Å². The number of carbonyl (C=O) groups is 1. The maximum atomic E-state index is 12.0. The zero-order chi connectivity index (χ0) is 15.9. The minimum absolute atomic E-state index is 0.192. The number of para-hydroxylation sites is 2. The van der Waals surface area contributed by atoms with Crippen LogP contribution in [0.3, 0.4) is 0 Å². The Balaban J connectivity index is 1.74. The van der Waals surface area contributed by atoms with E-state index in [-0.39, 0.29) is 6.03 Å². The van der Waals surface area contributed by atoms with Gasteiger partial charge >= 0.3 is 6.03 Å². The Labute approximate surface area is 133 Å². The van der Waals surface area contributed by atoms with E-state index >= 15 is 0 Å². The molecule has 0 saturated carbocycles. The topological polar surface area (TPSA) is 53.6 Å². The summed E-state index contributed by atoms with van der Waals surface area (Å²) in [6.07, 6.45) is 1.30. The Morgan fingerprint density at radius 2 is 1.95 bits per heavy atom. The van der Waals surface area contributed by atoms with Crippen molar-refractivity contribution in [2.24, 2.45) is 11.8 Å². The number of piperidine rings is 1. The van der Waals surface area contributed by atoms with Crippen molar-refractivity contribution >= 4 is 11.7 Å². The molecule has 1 aromatic carbocycles. The fraction of sp³-hybridized carbons (Fsp3) is 0.588. The Kier molecular flexibility index (Phi) is 6.07. The molecule has 0 spiro atoms. The SMILES string of the molecule is COc1ccccc1NC(=O)NCCN1C[C@H](C)C[C@H](C)C1. The van der Waals surface area contributed by atoms with Gasteiger partial charge in [0.1, 0.15) is 5.75 Å². The lowest BCUT2D eigenvalue weighted by atomic mass is 9.92. The number of methoxy groups -OCH3 is 1. The molecule has 5 heteroatoms. The van der Waals surface area contributed by atoms with E-state index in [1.165, 1.54) is 6.42 Å². The van der Waals surface area contributed by atoms with Gasteiger partial charge in [0, 0.05) is 26.2 Å². The number of likely N-dealkylation sites (tertiary alicyclic amines) is 1. The van der Waals surface area contributed by atoms with Crippen LogP contribution in [-0.2, 0) is 0 Å². The van der Waals surface area contributed by atoms with Crippen molar-refractivity contribution < 1.29 is 9.53 Å². The summed E-state index contributed by atoms with van der Waals surface area (Å²) < 4.78 is 5.22. The highest BCUT2D eigenvalue weighted by atomic mass is 16.5. The number of nitrogens with one attached hydrogen (secondary N) is 2. The Hall–Kier alpha value is -1.75. The van der Waals surface area contributed by atoms with Crippen molar-refractivity contribution in [2.75, 3.05) is 38.6 Å². The van der Waals surface area contributed by atoms with Crippen molar-refractivity contribution in [3.8, 4) is 5.75 Å². The molecule has 0 unspecified atom stereocenters. The molecular formula is C17H27N3O2. The van der Waals surface area contributed by atoms with Gasteiger partial charge in [0.05, 0.1) is 12.8 Å². The van der Waals surface area contributed by atoms with Crippen LogP contribution in [0.1, 0.15) is 20.3 Å². The van der Waals surface area contributed by atoms with Crippen LogP contribution < -0.4 is 15.4 Å². The molecule has 2 rings (SSSR count). The number of amides is 2. The van der Waals surface area contributed by atoms with Gasteiger partial charge in [-0.25, -0.2) is 4.79 Å². The molecule has 122 valence electrons. The first-order valence-electron chi connectivity index (χ1n) is 7.98. The van der Waals surface area contributed by atoms with E-state index < -0.39 is 0 Å². The lowest BCUT2D eigenvalue weighted by molar-refractivity contribution is 0.142. The highest BCUT2D eigenvalue weighted by Gasteiger charge is 2.21. The summed E-state index contributed by atoms with van der Waals surface area (Å²) in [5.74, 6) is 2.15. The van der Waals surface area contributed by atoms with Gasteiger partial charge in [0.25, 0.3) is 0 Å². The predicted octanol–water partition coefficient (Wildman–Crippen LogP) is 2.79. The number of nitrogens with zero attached hydrogens (tertiary/aromatic N) is 1. The Bertz CT molecular complexity index is 483. The lowest BCUT2D eigenvalue weighted by Crippen LogP contribution is -2.43. The molecule has 22 heavy (non-hydrogen) atoms. The number of anilines is 1. The van der Waals surface area contributed by atoms with Crippen molar-refractivity contribution in [3.63, 3.8) is 0 Å². The predicted molar refractivity (Wildman–Crippen MR) is 89.4 cm³/mol. The zero-order valence-corrected chi connectivity index (χ0v) is 13.8. The van der Waals surface area contributed by atoms with Crippen LogP contribution >= 0.6 is 0 Å². The minimum atomic E-state index is -0.192. The van der Waals surface area contributed by atoms with Gasteiger partial charge < -0.3 is 20.3 Å². The Morgan fingerprint density at radius 3 is 2.64 bits per heavy atom. The molecule has 1 aliphatic heterocycles. The normalized spacial score (nSPS) is 22.1. The fourth-order valence-corrected chi connectivity index (χ4v) is 3.22. The largest absolute Gasteiger partial charge is 0.495 e. The number of hydrogen-bond donors (Lipinski definition) is 2. The van der Waals surface area contributed by atoms with Crippen LogP contribution in [0.5, 0.6) is 5.75 Å². The van der Waals surface area contributed by atoms with E-state index in [2.05, 4.69) is 29.4 Å². The molecule has 1 fully saturated rings. The molecule has 2 atom stereocenters. The average Bonchev–Trinajstić information content (AvgIpc) is 2.46. The number of ether oxygens (including phenoxy) is 1.